The van der Waals surface area contributed by atoms with Crippen molar-refractivity contribution in [1.82, 2.24) is 14.8 Å². The number of furan rings is 1. The number of benzene rings is 2. The van der Waals surface area contributed by atoms with E-state index in [0.29, 0.717) is 34.5 Å². The molecule has 4 aromatic rings. The van der Waals surface area contributed by atoms with Gasteiger partial charge >= 0.3 is 0 Å². The highest BCUT2D eigenvalue weighted by atomic mass is 32.2. The number of nitro benzene ring substituents is 1. The third-order valence-corrected chi connectivity index (χ3v) is 5.63. The fourth-order valence-electron chi connectivity index (χ4n) is 3.10. The fourth-order valence-corrected chi connectivity index (χ4v) is 3.84. The van der Waals surface area contributed by atoms with E-state index in [9.17, 15) is 14.9 Å². The number of anilines is 1. The smallest absolute Gasteiger partial charge is 0.274 e. The molecule has 0 fully saturated rings. The number of hydrogen-bond donors (Lipinski definition) is 1. The van der Waals surface area contributed by atoms with Crippen LogP contribution in [0.15, 0.2) is 76.5 Å². The molecule has 2 aromatic heterocycles. The number of carbonyl (C=O) groups excluding carboxylic acids is 1. The minimum atomic E-state index is -0.470. The van der Waals surface area contributed by atoms with Crippen molar-refractivity contribution in [3.63, 3.8) is 0 Å². The Morgan fingerprint density at radius 2 is 1.97 bits per heavy atom. The van der Waals surface area contributed by atoms with Crippen molar-refractivity contribution in [2.75, 3.05) is 11.1 Å². The molecule has 9 nitrogen and oxygen atoms in total. The van der Waals surface area contributed by atoms with Crippen LogP contribution in [0, 0.1) is 17.0 Å². The average molecular weight is 449 g/mol. The summed E-state index contributed by atoms with van der Waals surface area (Å²) in [4.78, 5) is 23.1. The summed E-state index contributed by atoms with van der Waals surface area (Å²) in [5, 5.41) is 22.9. The zero-order chi connectivity index (χ0) is 22.5. The van der Waals surface area contributed by atoms with Crippen LogP contribution >= 0.6 is 11.8 Å². The van der Waals surface area contributed by atoms with E-state index in [-0.39, 0.29) is 17.3 Å². The molecular formula is C22H19N5O4S. The standard InChI is InChI=1S/C22H19N5O4S/c1-15-9-10-17(12-18(15)27(29)30)23-20(28)14-32-22-25-24-21(19-8-5-11-31-19)26(22)13-16-6-3-2-4-7-16/h2-12H,13-14H2,1H3,(H,23,28). The molecule has 0 aliphatic rings. The van der Waals surface area contributed by atoms with Gasteiger partial charge in [-0.05, 0) is 30.7 Å². The van der Waals surface area contributed by atoms with Crippen molar-refractivity contribution in [1.29, 1.82) is 0 Å². The summed E-state index contributed by atoms with van der Waals surface area (Å²) in [7, 11) is 0. The van der Waals surface area contributed by atoms with Gasteiger partial charge in [-0.2, -0.15) is 0 Å². The van der Waals surface area contributed by atoms with Crippen LogP contribution in [0.2, 0.25) is 0 Å². The Hall–Kier alpha value is -3.92. The number of carbonyl (C=O) groups is 1. The number of aryl methyl sites for hydroxylation is 1. The quantitative estimate of drug-likeness (QED) is 0.239. The van der Waals surface area contributed by atoms with E-state index in [0.717, 1.165) is 5.56 Å². The Labute approximate surface area is 187 Å². The summed E-state index contributed by atoms with van der Waals surface area (Å²) < 4.78 is 7.38. The average Bonchev–Trinajstić information content (AvgIpc) is 3.44. The SMILES string of the molecule is Cc1ccc(NC(=O)CSc2nnc(-c3ccco3)n2Cc2ccccc2)cc1[N+](=O)[O-]. The summed E-state index contributed by atoms with van der Waals surface area (Å²) >= 11 is 1.23. The molecular weight excluding hydrogens is 430 g/mol. The Kier molecular flexibility index (Phi) is 6.31. The topological polar surface area (TPSA) is 116 Å². The molecule has 0 aliphatic carbocycles. The minimum Gasteiger partial charge on any atom is -0.461 e. The van der Waals surface area contributed by atoms with Gasteiger partial charge in [0.05, 0.1) is 23.5 Å². The second-order valence-electron chi connectivity index (χ2n) is 6.95. The molecule has 0 unspecified atom stereocenters. The van der Waals surface area contributed by atoms with Gasteiger partial charge in [0.25, 0.3) is 5.69 Å². The van der Waals surface area contributed by atoms with Crippen LogP contribution in [0.5, 0.6) is 0 Å². The van der Waals surface area contributed by atoms with Crippen molar-refractivity contribution < 1.29 is 14.1 Å². The highest BCUT2D eigenvalue weighted by Gasteiger charge is 2.18. The summed E-state index contributed by atoms with van der Waals surface area (Å²) in [6.45, 7) is 2.16. The maximum absolute atomic E-state index is 12.5. The molecule has 162 valence electrons. The second kappa shape index (κ2) is 9.48. The highest BCUT2D eigenvalue weighted by Crippen LogP contribution is 2.26. The second-order valence-corrected chi connectivity index (χ2v) is 7.89. The van der Waals surface area contributed by atoms with E-state index in [1.165, 1.54) is 17.8 Å². The van der Waals surface area contributed by atoms with Crippen LogP contribution in [0.1, 0.15) is 11.1 Å². The molecule has 4 rings (SSSR count). The number of rotatable bonds is 8. The maximum atomic E-state index is 12.5. The van der Waals surface area contributed by atoms with Gasteiger partial charge < -0.3 is 9.73 Å². The van der Waals surface area contributed by atoms with Crippen molar-refractivity contribution >= 4 is 29.0 Å². The van der Waals surface area contributed by atoms with Gasteiger partial charge in [-0.1, -0.05) is 48.2 Å². The lowest BCUT2D eigenvalue weighted by atomic mass is 10.2. The number of nitro groups is 1. The Bertz CT molecular complexity index is 1240. The first-order chi connectivity index (χ1) is 15.5. The monoisotopic (exact) mass is 449 g/mol. The maximum Gasteiger partial charge on any atom is 0.274 e. The lowest BCUT2D eigenvalue weighted by Gasteiger charge is -2.10. The zero-order valence-corrected chi connectivity index (χ0v) is 17.9. The summed E-state index contributed by atoms with van der Waals surface area (Å²) in [5.74, 6) is 0.904. The minimum absolute atomic E-state index is 0.0406. The summed E-state index contributed by atoms with van der Waals surface area (Å²) in [5.41, 5.74) is 1.91. The molecule has 32 heavy (non-hydrogen) atoms. The first kappa shape index (κ1) is 21.3. The molecule has 0 aliphatic heterocycles. The summed E-state index contributed by atoms with van der Waals surface area (Å²) in [6, 6.07) is 18.0. The first-order valence-electron chi connectivity index (χ1n) is 9.70. The zero-order valence-electron chi connectivity index (χ0n) is 17.1. The highest BCUT2D eigenvalue weighted by molar-refractivity contribution is 7.99. The molecule has 10 heteroatoms. The van der Waals surface area contributed by atoms with Crippen molar-refractivity contribution in [2.24, 2.45) is 0 Å². The van der Waals surface area contributed by atoms with Gasteiger partial charge in [-0.15, -0.1) is 10.2 Å². The summed E-state index contributed by atoms with van der Waals surface area (Å²) in [6.07, 6.45) is 1.57. The normalized spacial score (nSPS) is 10.8. The lowest BCUT2D eigenvalue weighted by Crippen LogP contribution is -2.15. The van der Waals surface area contributed by atoms with Crippen LogP contribution in [0.4, 0.5) is 11.4 Å². The number of aromatic nitrogens is 3. The van der Waals surface area contributed by atoms with Gasteiger partial charge in [0, 0.05) is 17.3 Å². The number of nitrogens with zero attached hydrogens (tertiary/aromatic N) is 4. The number of thioether (sulfide) groups is 1. The molecule has 2 aromatic carbocycles. The molecule has 2 heterocycles. The fraction of sp³-hybridized carbons (Fsp3) is 0.136. The van der Waals surface area contributed by atoms with Gasteiger partial charge in [-0.25, -0.2) is 0 Å². The molecule has 0 radical (unpaired) electrons. The predicted molar refractivity (Wildman–Crippen MR) is 120 cm³/mol. The predicted octanol–water partition coefficient (Wildman–Crippen LogP) is 4.53. The van der Waals surface area contributed by atoms with Crippen LogP contribution in [-0.2, 0) is 11.3 Å². The van der Waals surface area contributed by atoms with Crippen molar-refractivity contribution in [3.05, 3.63) is 88.2 Å². The van der Waals surface area contributed by atoms with Crippen molar-refractivity contribution in [2.45, 2.75) is 18.6 Å². The van der Waals surface area contributed by atoms with E-state index >= 15 is 0 Å². The molecule has 0 atom stereocenters. The Balaban J connectivity index is 1.50. The molecule has 0 spiro atoms. The van der Waals surface area contributed by atoms with Crippen molar-refractivity contribution in [3.8, 4) is 11.6 Å². The van der Waals surface area contributed by atoms with E-state index in [1.807, 2.05) is 34.9 Å². The van der Waals surface area contributed by atoms with E-state index in [2.05, 4.69) is 15.5 Å². The number of hydrogen-bond acceptors (Lipinski definition) is 7. The molecule has 1 N–H and O–H groups in total. The molecule has 0 saturated carbocycles. The van der Waals surface area contributed by atoms with Gasteiger partial charge in [-0.3, -0.25) is 19.5 Å². The van der Waals surface area contributed by atoms with E-state index in [4.69, 9.17) is 4.42 Å². The van der Waals surface area contributed by atoms with Crippen LogP contribution in [-0.4, -0.2) is 31.3 Å². The molecule has 1 amide bonds. The van der Waals surface area contributed by atoms with Gasteiger partial charge in [0.15, 0.2) is 10.9 Å². The van der Waals surface area contributed by atoms with E-state index < -0.39 is 4.92 Å². The van der Waals surface area contributed by atoms with Gasteiger partial charge in [0.2, 0.25) is 11.7 Å². The molecule has 0 saturated heterocycles. The van der Waals surface area contributed by atoms with E-state index in [1.54, 1.807) is 37.5 Å². The largest absolute Gasteiger partial charge is 0.461 e. The first-order valence-corrected chi connectivity index (χ1v) is 10.7. The van der Waals surface area contributed by atoms with Crippen LogP contribution in [0.25, 0.3) is 11.6 Å². The van der Waals surface area contributed by atoms with Crippen LogP contribution < -0.4 is 5.32 Å². The Morgan fingerprint density at radius 3 is 2.69 bits per heavy atom. The number of amides is 1. The third-order valence-electron chi connectivity index (χ3n) is 4.66. The third kappa shape index (κ3) is 4.86. The lowest BCUT2D eigenvalue weighted by molar-refractivity contribution is -0.385. The van der Waals surface area contributed by atoms with Crippen LogP contribution in [0.3, 0.4) is 0 Å². The van der Waals surface area contributed by atoms with Gasteiger partial charge in [0.1, 0.15) is 0 Å². The Morgan fingerprint density at radius 1 is 1.16 bits per heavy atom. The number of nitrogens with one attached hydrogen (secondary N) is 1. The molecule has 0 bridgehead atoms.